The number of allylic oxidation sites excluding steroid dienone is 3. The predicted molar refractivity (Wildman–Crippen MR) is 76.7 cm³/mol. The van der Waals surface area contributed by atoms with Crippen LogP contribution in [0.2, 0.25) is 0 Å². The van der Waals surface area contributed by atoms with Gasteiger partial charge in [-0.05, 0) is 19.4 Å². The van der Waals surface area contributed by atoms with Crippen molar-refractivity contribution in [1.29, 1.82) is 5.26 Å². The maximum atomic E-state index is 11.6. The largest absolute Gasteiger partial charge is 0.595 e. The van der Waals surface area contributed by atoms with Gasteiger partial charge in [-0.1, -0.05) is 12.1 Å². The minimum atomic E-state index is -1.14. The molecular weight excluding hydrogens is 286 g/mol. The van der Waals surface area contributed by atoms with Crippen molar-refractivity contribution in [2.24, 2.45) is 0 Å². The molecule has 0 amide bonds. The Morgan fingerprint density at radius 3 is 2.64 bits per heavy atom. The molecule has 1 aliphatic rings. The SMILES string of the molecule is CC1=C(C#N)[C@H](c2cccc([NH+]([O-])O)c2)C(C(=O)O)=C(C)N1. The number of carboxylic acids is 1. The quantitative estimate of drug-likeness (QED) is 0.616. The molecule has 1 unspecified atom stereocenters. The summed E-state index contributed by atoms with van der Waals surface area (Å²) in [7, 11) is 0. The molecule has 1 heterocycles. The van der Waals surface area contributed by atoms with Crippen molar-refractivity contribution in [2.45, 2.75) is 19.8 Å². The monoisotopic (exact) mass is 301 g/mol. The zero-order valence-corrected chi connectivity index (χ0v) is 12.0. The van der Waals surface area contributed by atoms with Crippen molar-refractivity contribution in [3.05, 3.63) is 57.6 Å². The minimum Gasteiger partial charge on any atom is -0.595 e. The predicted octanol–water partition coefficient (Wildman–Crippen LogP) is 0.933. The molecule has 2 rings (SSSR count). The van der Waals surface area contributed by atoms with Crippen LogP contribution in [0, 0.1) is 16.5 Å². The Morgan fingerprint density at radius 1 is 1.41 bits per heavy atom. The maximum Gasteiger partial charge on any atom is 0.334 e. The summed E-state index contributed by atoms with van der Waals surface area (Å²) in [5.41, 5.74) is 1.84. The van der Waals surface area contributed by atoms with Gasteiger partial charge in [-0.2, -0.15) is 10.5 Å². The van der Waals surface area contributed by atoms with Gasteiger partial charge in [0.15, 0.2) is 5.69 Å². The van der Waals surface area contributed by atoms with Crippen molar-refractivity contribution in [2.75, 3.05) is 0 Å². The number of benzene rings is 1. The molecule has 22 heavy (non-hydrogen) atoms. The molecule has 4 N–H and O–H groups in total. The summed E-state index contributed by atoms with van der Waals surface area (Å²) in [5, 5.41) is 40.8. The zero-order valence-electron chi connectivity index (χ0n) is 12.0. The number of quaternary nitrogens is 1. The number of rotatable bonds is 3. The van der Waals surface area contributed by atoms with Crippen LogP contribution in [-0.2, 0) is 4.79 Å². The summed E-state index contributed by atoms with van der Waals surface area (Å²) < 4.78 is 0. The molecule has 7 nitrogen and oxygen atoms in total. The Morgan fingerprint density at radius 2 is 2.09 bits per heavy atom. The number of carbonyl (C=O) groups is 1. The van der Waals surface area contributed by atoms with E-state index < -0.39 is 17.1 Å². The summed E-state index contributed by atoms with van der Waals surface area (Å²) in [5.74, 6) is -1.93. The lowest BCUT2D eigenvalue weighted by molar-refractivity contribution is -0.991. The van der Waals surface area contributed by atoms with Gasteiger partial charge < -0.3 is 15.6 Å². The van der Waals surface area contributed by atoms with Crippen molar-refractivity contribution >= 4 is 11.7 Å². The van der Waals surface area contributed by atoms with E-state index in [1.807, 2.05) is 6.07 Å². The Balaban J connectivity index is 2.66. The highest BCUT2D eigenvalue weighted by Crippen LogP contribution is 2.38. The average molecular weight is 301 g/mol. The minimum absolute atomic E-state index is 0.0460. The van der Waals surface area contributed by atoms with Gasteiger partial charge in [-0.15, -0.1) is 0 Å². The summed E-state index contributed by atoms with van der Waals surface area (Å²) in [6.45, 7) is 3.31. The van der Waals surface area contributed by atoms with Crippen LogP contribution in [0.4, 0.5) is 5.69 Å². The van der Waals surface area contributed by atoms with Crippen LogP contribution in [0.5, 0.6) is 0 Å². The molecule has 114 valence electrons. The van der Waals surface area contributed by atoms with E-state index in [0.717, 1.165) is 0 Å². The van der Waals surface area contributed by atoms with E-state index in [1.165, 1.54) is 12.1 Å². The fourth-order valence-corrected chi connectivity index (χ4v) is 2.61. The first-order valence-corrected chi connectivity index (χ1v) is 6.52. The van der Waals surface area contributed by atoms with E-state index in [0.29, 0.717) is 17.0 Å². The molecule has 1 aliphatic heterocycles. The zero-order chi connectivity index (χ0) is 16.4. The standard InChI is InChI=1S/C15H15N3O4/c1-8-12(7-16)14(13(15(19)20)9(2)17-8)10-4-3-5-11(6-10)18(21)22/h3-6,14,17-18,21H,1-2H3,(H,19,20)/t14-/m0/s1. The molecule has 0 saturated heterocycles. The van der Waals surface area contributed by atoms with Crippen molar-refractivity contribution in [3.63, 3.8) is 0 Å². The normalized spacial score (nSPS) is 19.5. The second kappa shape index (κ2) is 5.99. The average Bonchev–Trinajstić information content (AvgIpc) is 2.46. The van der Waals surface area contributed by atoms with Crippen LogP contribution in [0.25, 0.3) is 0 Å². The Hall–Kier alpha value is -2.66. The fraction of sp³-hybridized carbons (Fsp3) is 0.200. The van der Waals surface area contributed by atoms with Crippen molar-refractivity contribution in [3.8, 4) is 6.07 Å². The molecule has 0 fully saturated rings. The molecule has 0 aromatic heterocycles. The molecule has 1 aromatic rings. The molecule has 0 saturated carbocycles. The number of hydrogen-bond donors (Lipinski definition) is 4. The van der Waals surface area contributed by atoms with Crippen molar-refractivity contribution < 1.29 is 20.3 Å². The smallest absolute Gasteiger partial charge is 0.334 e. The Kier molecular flexibility index (Phi) is 4.28. The first-order chi connectivity index (χ1) is 10.4. The highest BCUT2D eigenvalue weighted by Gasteiger charge is 2.33. The lowest BCUT2D eigenvalue weighted by Crippen LogP contribution is -2.99. The van der Waals surface area contributed by atoms with Crippen LogP contribution in [0.15, 0.2) is 46.8 Å². The van der Waals surface area contributed by atoms with Crippen LogP contribution in [0.3, 0.4) is 0 Å². The first kappa shape index (κ1) is 15.7. The van der Waals surface area contributed by atoms with E-state index in [-0.39, 0.29) is 16.8 Å². The topological polar surface area (TPSA) is 121 Å². The lowest BCUT2D eigenvalue weighted by atomic mass is 9.81. The maximum absolute atomic E-state index is 11.6. The van der Waals surface area contributed by atoms with E-state index in [9.17, 15) is 20.4 Å². The lowest BCUT2D eigenvalue weighted by Gasteiger charge is -2.27. The van der Waals surface area contributed by atoms with Gasteiger partial charge in [0.1, 0.15) is 0 Å². The van der Waals surface area contributed by atoms with Gasteiger partial charge in [0.2, 0.25) is 0 Å². The summed E-state index contributed by atoms with van der Waals surface area (Å²) in [4.78, 5) is 11.6. The van der Waals surface area contributed by atoms with Crippen LogP contribution < -0.4 is 10.5 Å². The number of dihydropyridines is 1. The summed E-state index contributed by atoms with van der Waals surface area (Å²) >= 11 is 0. The second-order valence-corrected chi connectivity index (χ2v) is 4.98. The highest BCUT2D eigenvalue weighted by molar-refractivity contribution is 5.91. The summed E-state index contributed by atoms with van der Waals surface area (Å²) in [6.07, 6.45) is 0. The molecule has 0 spiro atoms. The Labute approximate surface area is 126 Å². The fourth-order valence-electron chi connectivity index (χ4n) is 2.61. The van der Waals surface area contributed by atoms with Gasteiger partial charge in [0.25, 0.3) is 0 Å². The van der Waals surface area contributed by atoms with Crippen LogP contribution >= 0.6 is 0 Å². The van der Waals surface area contributed by atoms with E-state index in [2.05, 4.69) is 5.32 Å². The van der Waals surface area contributed by atoms with Crippen molar-refractivity contribution in [1.82, 2.24) is 5.32 Å². The molecule has 2 atom stereocenters. The third-order valence-corrected chi connectivity index (χ3v) is 3.58. The number of hydrogen-bond acceptors (Lipinski definition) is 5. The number of nitriles is 1. The third-order valence-electron chi connectivity index (χ3n) is 3.58. The highest BCUT2D eigenvalue weighted by atomic mass is 16.8. The number of aliphatic carboxylic acids is 1. The van der Waals surface area contributed by atoms with Gasteiger partial charge in [0.05, 0.1) is 23.1 Å². The molecule has 0 radical (unpaired) electrons. The van der Waals surface area contributed by atoms with Crippen LogP contribution in [-0.4, -0.2) is 16.3 Å². The van der Waals surface area contributed by atoms with E-state index in [1.54, 1.807) is 26.0 Å². The van der Waals surface area contributed by atoms with Gasteiger partial charge in [0, 0.05) is 23.5 Å². The second-order valence-electron chi connectivity index (χ2n) is 4.98. The van der Waals surface area contributed by atoms with Gasteiger partial charge in [-0.3, -0.25) is 0 Å². The third kappa shape index (κ3) is 2.71. The summed E-state index contributed by atoms with van der Waals surface area (Å²) in [6, 6.07) is 8.02. The molecule has 0 aliphatic carbocycles. The molecule has 1 aromatic carbocycles. The number of nitrogens with one attached hydrogen (secondary N) is 2. The Bertz CT molecular complexity index is 729. The molecule has 0 bridgehead atoms. The molecule has 7 heteroatoms. The van der Waals surface area contributed by atoms with Crippen LogP contribution in [0.1, 0.15) is 25.3 Å². The van der Waals surface area contributed by atoms with E-state index in [4.69, 9.17) is 5.21 Å². The van der Waals surface area contributed by atoms with E-state index >= 15 is 0 Å². The molecular formula is C15H15N3O4. The van der Waals surface area contributed by atoms with Gasteiger partial charge >= 0.3 is 5.97 Å². The first-order valence-electron chi connectivity index (χ1n) is 6.52. The number of carboxylic acid groups (broad SMARTS) is 1. The van der Waals surface area contributed by atoms with Gasteiger partial charge in [-0.25, -0.2) is 10.0 Å². The number of nitrogens with zero attached hydrogens (tertiary/aromatic N) is 1.